The molecule has 0 aromatic heterocycles. The minimum Gasteiger partial charge on any atom is -0.481 e. The first kappa shape index (κ1) is 12.4. The molecule has 0 radical (unpaired) electrons. The van der Waals surface area contributed by atoms with Crippen LogP contribution < -0.4 is 0 Å². The van der Waals surface area contributed by atoms with Gasteiger partial charge in [-0.1, -0.05) is 27.7 Å². The maximum absolute atomic E-state index is 10.9. The topological polar surface area (TPSA) is 40.5 Å². The second kappa shape index (κ2) is 5.97. The molecule has 78 valence electrons. The number of hydrogen-bond acceptors (Lipinski definition) is 2. The number of nitrogens with zero attached hydrogens (tertiary/aromatic N) is 1. The van der Waals surface area contributed by atoms with E-state index in [9.17, 15) is 4.79 Å². The number of hydrogen-bond donors (Lipinski definition) is 1. The SMILES string of the molecule is CCN(CC)CC(C(=O)O)C(C)C. The van der Waals surface area contributed by atoms with Crippen molar-refractivity contribution >= 4 is 5.97 Å². The third-order valence-electron chi connectivity index (χ3n) is 2.47. The van der Waals surface area contributed by atoms with Crippen molar-refractivity contribution in [2.75, 3.05) is 19.6 Å². The van der Waals surface area contributed by atoms with Gasteiger partial charge in [-0.25, -0.2) is 0 Å². The lowest BCUT2D eigenvalue weighted by molar-refractivity contribution is -0.144. The van der Waals surface area contributed by atoms with Crippen molar-refractivity contribution < 1.29 is 9.90 Å². The highest BCUT2D eigenvalue weighted by atomic mass is 16.4. The molecule has 13 heavy (non-hydrogen) atoms. The van der Waals surface area contributed by atoms with Gasteiger partial charge in [-0.2, -0.15) is 0 Å². The van der Waals surface area contributed by atoms with Gasteiger partial charge in [-0.3, -0.25) is 4.79 Å². The molecule has 0 bridgehead atoms. The van der Waals surface area contributed by atoms with Crippen molar-refractivity contribution in [1.82, 2.24) is 4.90 Å². The first-order valence-electron chi connectivity index (χ1n) is 4.98. The summed E-state index contributed by atoms with van der Waals surface area (Å²) in [6.45, 7) is 10.6. The van der Waals surface area contributed by atoms with E-state index in [4.69, 9.17) is 5.11 Å². The maximum Gasteiger partial charge on any atom is 0.308 e. The van der Waals surface area contributed by atoms with E-state index in [-0.39, 0.29) is 11.8 Å². The Morgan fingerprint density at radius 3 is 2.00 bits per heavy atom. The molecule has 1 atom stereocenters. The van der Waals surface area contributed by atoms with Gasteiger partial charge in [0.2, 0.25) is 0 Å². The molecule has 1 N–H and O–H groups in total. The normalized spacial score (nSPS) is 13.7. The zero-order chi connectivity index (χ0) is 10.4. The Labute approximate surface area is 80.7 Å². The van der Waals surface area contributed by atoms with Gasteiger partial charge in [-0.15, -0.1) is 0 Å². The number of carbonyl (C=O) groups is 1. The highest BCUT2D eigenvalue weighted by molar-refractivity contribution is 5.70. The molecular formula is C10H21NO2. The van der Waals surface area contributed by atoms with Gasteiger partial charge in [0.1, 0.15) is 0 Å². The van der Waals surface area contributed by atoms with Crippen molar-refractivity contribution in [3.63, 3.8) is 0 Å². The third-order valence-corrected chi connectivity index (χ3v) is 2.47. The molecule has 0 aliphatic carbocycles. The number of rotatable bonds is 6. The summed E-state index contributed by atoms with van der Waals surface area (Å²) in [6, 6.07) is 0. The van der Waals surface area contributed by atoms with Crippen LogP contribution in [0.2, 0.25) is 0 Å². The molecule has 0 fully saturated rings. The van der Waals surface area contributed by atoms with Crippen LogP contribution in [0.4, 0.5) is 0 Å². The Kier molecular flexibility index (Phi) is 5.71. The average molecular weight is 187 g/mol. The molecule has 0 aliphatic rings. The predicted molar refractivity (Wildman–Crippen MR) is 53.8 cm³/mol. The molecule has 0 aromatic carbocycles. The van der Waals surface area contributed by atoms with E-state index in [1.54, 1.807) is 0 Å². The van der Waals surface area contributed by atoms with Gasteiger partial charge in [0, 0.05) is 6.54 Å². The Hall–Kier alpha value is -0.570. The van der Waals surface area contributed by atoms with Crippen molar-refractivity contribution in [3.8, 4) is 0 Å². The van der Waals surface area contributed by atoms with Gasteiger partial charge in [-0.05, 0) is 19.0 Å². The van der Waals surface area contributed by atoms with Gasteiger partial charge in [0.05, 0.1) is 5.92 Å². The van der Waals surface area contributed by atoms with Gasteiger partial charge in [0.25, 0.3) is 0 Å². The summed E-state index contributed by atoms with van der Waals surface area (Å²) in [4.78, 5) is 13.0. The molecule has 0 aliphatic heterocycles. The van der Waals surface area contributed by atoms with Crippen LogP contribution in [-0.2, 0) is 4.79 Å². The van der Waals surface area contributed by atoms with E-state index in [2.05, 4.69) is 18.7 Å². The summed E-state index contributed by atoms with van der Waals surface area (Å²) in [6.07, 6.45) is 0. The van der Waals surface area contributed by atoms with Crippen molar-refractivity contribution in [1.29, 1.82) is 0 Å². The van der Waals surface area contributed by atoms with E-state index in [0.29, 0.717) is 6.54 Å². The van der Waals surface area contributed by atoms with Gasteiger partial charge >= 0.3 is 5.97 Å². The molecular weight excluding hydrogens is 166 g/mol. The summed E-state index contributed by atoms with van der Waals surface area (Å²) < 4.78 is 0. The van der Waals surface area contributed by atoms with E-state index in [1.165, 1.54) is 0 Å². The number of aliphatic carboxylic acids is 1. The zero-order valence-electron chi connectivity index (χ0n) is 9.08. The molecule has 0 saturated carbocycles. The lowest BCUT2D eigenvalue weighted by Gasteiger charge is -2.24. The van der Waals surface area contributed by atoms with Crippen LogP contribution in [0.1, 0.15) is 27.7 Å². The van der Waals surface area contributed by atoms with Crippen molar-refractivity contribution in [2.45, 2.75) is 27.7 Å². The maximum atomic E-state index is 10.9. The van der Waals surface area contributed by atoms with Crippen LogP contribution in [0.3, 0.4) is 0 Å². The second-order valence-electron chi connectivity index (χ2n) is 3.67. The monoisotopic (exact) mass is 187 g/mol. The summed E-state index contributed by atoms with van der Waals surface area (Å²) in [5, 5.41) is 8.96. The van der Waals surface area contributed by atoms with Crippen molar-refractivity contribution in [2.24, 2.45) is 11.8 Å². The summed E-state index contributed by atoms with van der Waals surface area (Å²) in [7, 11) is 0. The first-order chi connectivity index (χ1) is 6.02. The Bertz CT molecular complexity index is 153. The molecule has 3 heteroatoms. The second-order valence-corrected chi connectivity index (χ2v) is 3.67. The molecule has 0 heterocycles. The smallest absolute Gasteiger partial charge is 0.308 e. The first-order valence-corrected chi connectivity index (χ1v) is 4.98. The summed E-state index contributed by atoms with van der Waals surface area (Å²) >= 11 is 0. The minimum absolute atomic E-state index is 0.207. The van der Waals surface area contributed by atoms with Crippen LogP contribution in [0.25, 0.3) is 0 Å². The minimum atomic E-state index is -0.679. The van der Waals surface area contributed by atoms with Crippen LogP contribution in [-0.4, -0.2) is 35.6 Å². The number of carboxylic acids is 1. The zero-order valence-corrected chi connectivity index (χ0v) is 9.08. The highest BCUT2D eigenvalue weighted by Crippen LogP contribution is 2.12. The van der Waals surface area contributed by atoms with E-state index < -0.39 is 5.97 Å². The largest absolute Gasteiger partial charge is 0.481 e. The van der Waals surface area contributed by atoms with Crippen molar-refractivity contribution in [3.05, 3.63) is 0 Å². The standard InChI is InChI=1S/C10H21NO2/c1-5-11(6-2)7-9(8(3)4)10(12)13/h8-9H,5-7H2,1-4H3,(H,12,13). The fourth-order valence-electron chi connectivity index (χ4n) is 1.33. The molecule has 0 rings (SSSR count). The van der Waals surface area contributed by atoms with E-state index in [1.807, 2.05) is 13.8 Å². The summed E-state index contributed by atoms with van der Waals surface area (Å²) in [5.41, 5.74) is 0. The lowest BCUT2D eigenvalue weighted by atomic mass is 9.95. The summed E-state index contributed by atoms with van der Waals surface area (Å²) in [5.74, 6) is -0.708. The van der Waals surface area contributed by atoms with Crippen LogP contribution >= 0.6 is 0 Å². The Morgan fingerprint density at radius 2 is 1.77 bits per heavy atom. The molecule has 0 aromatic rings. The van der Waals surface area contributed by atoms with Crippen LogP contribution in [0.5, 0.6) is 0 Å². The molecule has 0 spiro atoms. The molecule has 0 saturated heterocycles. The van der Waals surface area contributed by atoms with E-state index in [0.717, 1.165) is 13.1 Å². The fourth-order valence-corrected chi connectivity index (χ4v) is 1.33. The quantitative estimate of drug-likeness (QED) is 0.688. The number of carboxylic acid groups (broad SMARTS) is 1. The van der Waals surface area contributed by atoms with E-state index >= 15 is 0 Å². The average Bonchev–Trinajstić information content (AvgIpc) is 2.05. The Morgan fingerprint density at radius 1 is 1.31 bits per heavy atom. The fraction of sp³-hybridized carbons (Fsp3) is 0.900. The van der Waals surface area contributed by atoms with Crippen LogP contribution in [0, 0.1) is 11.8 Å². The highest BCUT2D eigenvalue weighted by Gasteiger charge is 2.22. The van der Waals surface area contributed by atoms with Gasteiger partial charge < -0.3 is 10.0 Å². The van der Waals surface area contributed by atoms with Gasteiger partial charge in [0.15, 0.2) is 0 Å². The molecule has 3 nitrogen and oxygen atoms in total. The lowest BCUT2D eigenvalue weighted by Crippen LogP contribution is -2.35. The molecule has 0 amide bonds. The third kappa shape index (κ3) is 4.27. The Balaban J connectivity index is 4.16. The predicted octanol–water partition coefficient (Wildman–Crippen LogP) is 1.68. The van der Waals surface area contributed by atoms with Crippen LogP contribution in [0.15, 0.2) is 0 Å². The molecule has 1 unspecified atom stereocenters.